The third-order valence-electron chi connectivity index (χ3n) is 4.34. The van der Waals surface area contributed by atoms with Crippen molar-refractivity contribution in [3.8, 4) is 5.75 Å². The second-order valence-electron chi connectivity index (χ2n) is 6.50. The molecule has 2 N–H and O–H groups in total. The van der Waals surface area contributed by atoms with E-state index in [4.69, 9.17) is 4.74 Å². The third-order valence-corrected chi connectivity index (χ3v) is 4.34. The molecule has 2 aromatic carbocycles. The van der Waals surface area contributed by atoms with Crippen LogP contribution < -0.4 is 15.4 Å². The Kier molecular flexibility index (Phi) is 5.66. The topological polar surface area (TPSA) is 94.0 Å². The number of carbonyl (C=O) groups excluding carboxylic acids is 1. The lowest BCUT2D eigenvalue weighted by Crippen LogP contribution is -2.14. The molecule has 0 atom stereocenters. The summed E-state index contributed by atoms with van der Waals surface area (Å²) in [5.74, 6) is 0.942. The smallest absolute Gasteiger partial charge is 0.277 e. The fourth-order valence-corrected chi connectivity index (χ4v) is 2.89. The largest absolute Gasteiger partial charge is 0.497 e. The van der Waals surface area contributed by atoms with Crippen molar-refractivity contribution in [2.24, 2.45) is 0 Å². The number of amides is 1. The minimum absolute atomic E-state index is 0.215. The number of para-hydroxylation sites is 1. The number of hydrogen-bond acceptors (Lipinski definition) is 6. The van der Waals surface area contributed by atoms with Gasteiger partial charge in [-0.2, -0.15) is 0 Å². The summed E-state index contributed by atoms with van der Waals surface area (Å²) in [6.07, 6.45) is 3.26. The van der Waals surface area contributed by atoms with Crippen LogP contribution in [0.4, 0.5) is 17.2 Å². The van der Waals surface area contributed by atoms with Gasteiger partial charge in [-0.05, 0) is 42.0 Å². The predicted octanol–water partition coefficient (Wildman–Crippen LogP) is 3.73. The summed E-state index contributed by atoms with van der Waals surface area (Å²) in [7, 11) is 1.62. The number of hydrogen-bond donors (Lipinski definition) is 2. The first-order valence-corrected chi connectivity index (χ1v) is 9.33. The van der Waals surface area contributed by atoms with Crippen LogP contribution in [0, 0.1) is 0 Å². The minimum Gasteiger partial charge on any atom is -0.497 e. The Hall–Kier alpha value is -4.20. The van der Waals surface area contributed by atoms with E-state index >= 15 is 0 Å². The van der Waals surface area contributed by atoms with E-state index < -0.39 is 0 Å². The standard InChI is InChI=1S/C22H20N6O2/c1-30-18-10-5-7-16(13-18)14-28-15-20(26-27-28)22(29)25-19-11-6-12-23-21(19)24-17-8-3-2-4-9-17/h2-13,15H,14H2,1H3,(H,23,24)(H,25,29). The molecule has 0 fully saturated rings. The number of rotatable bonds is 7. The second-order valence-corrected chi connectivity index (χ2v) is 6.50. The lowest BCUT2D eigenvalue weighted by molar-refractivity contribution is 0.102. The van der Waals surface area contributed by atoms with Crippen LogP contribution in [0.5, 0.6) is 5.75 Å². The highest BCUT2D eigenvalue weighted by atomic mass is 16.5. The molecule has 0 spiro atoms. The van der Waals surface area contributed by atoms with Gasteiger partial charge in [0.25, 0.3) is 5.91 Å². The fraction of sp³-hybridized carbons (Fsp3) is 0.0909. The maximum atomic E-state index is 12.7. The van der Waals surface area contributed by atoms with Gasteiger partial charge in [0.15, 0.2) is 11.5 Å². The van der Waals surface area contributed by atoms with Crippen LogP contribution in [-0.4, -0.2) is 33.0 Å². The number of methoxy groups -OCH3 is 1. The molecule has 8 nitrogen and oxygen atoms in total. The van der Waals surface area contributed by atoms with E-state index in [1.165, 1.54) is 0 Å². The Morgan fingerprint density at radius 1 is 1.07 bits per heavy atom. The number of benzene rings is 2. The normalized spacial score (nSPS) is 10.4. The van der Waals surface area contributed by atoms with E-state index in [-0.39, 0.29) is 11.6 Å². The highest BCUT2D eigenvalue weighted by molar-refractivity contribution is 6.04. The van der Waals surface area contributed by atoms with Crippen molar-refractivity contribution < 1.29 is 9.53 Å². The summed E-state index contributed by atoms with van der Waals surface area (Å²) < 4.78 is 6.84. The first-order chi connectivity index (χ1) is 14.7. The van der Waals surface area contributed by atoms with Crippen molar-refractivity contribution in [3.05, 3.63) is 90.4 Å². The molecule has 150 valence electrons. The van der Waals surface area contributed by atoms with Gasteiger partial charge in [0, 0.05) is 11.9 Å². The Morgan fingerprint density at radius 3 is 2.77 bits per heavy atom. The van der Waals surface area contributed by atoms with E-state index in [0.29, 0.717) is 18.1 Å². The van der Waals surface area contributed by atoms with Gasteiger partial charge in [0.1, 0.15) is 5.75 Å². The number of nitrogens with one attached hydrogen (secondary N) is 2. The molecule has 0 bridgehead atoms. The fourth-order valence-electron chi connectivity index (χ4n) is 2.89. The van der Waals surface area contributed by atoms with Crippen LogP contribution in [0.3, 0.4) is 0 Å². The molecule has 0 aliphatic rings. The van der Waals surface area contributed by atoms with E-state index in [1.807, 2.05) is 54.6 Å². The number of pyridine rings is 1. The van der Waals surface area contributed by atoms with Gasteiger partial charge in [-0.15, -0.1) is 5.10 Å². The molecule has 2 aromatic heterocycles. The Balaban J connectivity index is 1.46. The summed E-state index contributed by atoms with van der Waals surface area (Å²) in [6, 6.07) is 20.8. The molecule has 0 saturated carbocycles. The summed E-state index contributed by atoms with van der Waals surface area (Å²) >= 11 is 0. The number of carbonyl (C=O) groups is 1. The van der Waals surface area contributed by atoms with Crippen LogP contribution >= 0.6 is 0 Å². The summed E-state index contributed by atoms with van der Waals surface area (Å²) in [5, 5.41) is 14.1. The van der Waals surface area contributed by atoms with Crippen molar-refractivity contribution in [1.29, 1.82) is 0 Å². The summed E-state index contributed by atoms with van der Waals surface area (Å²) in [5.41, 5.74) is 2.63. The first-order valence-electron chi connectivity index (χ1n) is 9.33. The van der Waals surface area contributed by atoms with E-state index in [9.17, 15) is 4.79 Å². The van der Waals surface area contributed by atoms with Gasteiger partial charge < -0.3 is 15.4 Å². The zero-order chi connectivity index (χ0) is 20.8. The maximum absolute atomic E-state index is 12.7. The second kappa shape index (κ2) is 8.87. The molecule has 4 rings (SSSR count). The molecule has 8 heteroatoms. The lowest BCUT2D eigenvalue weighted by Gasteiger charge is -2.11. The highest BCUT2D eigenvalue weighted by Gasteiger charge is 2.14. The molecular formula is C22H20N6O2. The molecule has 2 heterocycles. The molecule has 0 radical (unpaired) electrons. The molecule has 4 aromatic rings. The average molecular weight is 400 g/mol. The summed E-state index contributed by atoms with van der Waals surface area (Å²) in [6.45, 7) is 0.477. The molecule has 0 aliphatic carbocycles. The lowest BCUT2D eigenvalue weighted by atomic mass is 10.2. The predicted molar refractivity (Wildman–Crippen MR) is 114 cm³/mol. The molecule has 1 amide bonds. The Labute approximate surface area is 173 Å². The van der Waals surface area contributed by atoms with E-state index in [2.05, 4.69) is 25.9 Å². The maximum Gasteiger partial charge on any atom is 0.277 e. The number of aromatic nitrogens is 4. The first kappa shape index (κ1) is 19.1. The van der Waals surface area contributed by atoms with Crippen LogP contribution in [0.2, 0.25) is 0 Å². The zero-order valence-corrected chi connectivity index (χ0v) is 16.3. The minimum atomic E-state index is -0.365. The highest BCUT2D eigenvalue weighted by Crippen LogP contribution is 2.23. The monoisotopic (exact) mass is 400 g/mol. The molecule has 0 aliphatic heterocycles. The van der Waals surface area contributed by atoms with Crippen molar-refractivity contribution in [3.63, 3.8) is 0 Å². The van der Waals surface area contributed by atoms with Gasteiger partial charge in [-0.1, -0.05) is 35.5 Å². The SMILES string of the molecule is COc1cccc(Cn2cc(C(=O)Nc3cccnc3Nc3ccccc3)nn2)c1. The van der Waals surface area contributed by atoms with Crippen molar-refractivity contribution in [2.75, 3.05) is 17.7 Å². The van der Waals surface area contributed by atoms with Crippen LogP contribution in [0.1, 0.15) is 16.1 Å². The van der Waals surface area contributed by atoms with Crippen LogP contribution in [0.15, 0.2) is 79.1 Å². The Morgan fingerprint density at radius 2 is 1.93 bits per heavy atom. The van der Waals surface area contributed by atoms with Gasteiger partial charge >= 0.3 is 0 Å². The Bertz CT molecular complexity index is 1140. The molecular weight excluding hydrogens is 380 g/mol. The van der Waals surface area contributed by atoms with E-state index in [1.54, 1.807) is 36.3 Å². The van der Waals surface area contributed by atoms with Crippen molar-refractivity contribution in [1.82, 2.24) is 20.0 Å². The third kappa shape index (κ3) is 4.61. The zero-order valence-electron chi connectivity index (χ0n) is 16.3. The van der Waals surface area contributed by atoms with Crippen LogP contribution in [-0.2, 0) is 6.54 Å². The van der Waals surface area contributed by atoms with Gasteiger partial charge in [0.2, 0.25) is 0 Å². The molecule has 0 saturated heterocycles. The van der Waals surface area contributed by atoms with Gasteiger partial charge in [-0.25, -0.2) is 9.67 Å². The number of nitrogens with zero attached hydrogens (tertiary/aromatic N) is 4. The number of ether oxygens (including phenoxy) is 1. The van der Waals surface area contributed by atoms with Crippen molar-refractivity contribution >= 4 is 23.1 Å². The van der Waals surface area contributed by atoms with Crippen LogP contribution in [0.25, 0.3) is 0 Å². The summed E-state index contributed by atoms with van der Waals surface area (Å²) in [4.78, 5) is 17.0. The van der Waals surface area contributed by atoms with Gasteiger partial charge in [0.05, 0.1) is 25.5 Å². The average Bonchev–Trinajstić information content (AvgIpc) is 3.24. The molecule has 30 heavy (non-hydrogen) atoms. The molecule has 0 unspecified atom stereocenters. The van der Waals surface area contributed by atoms with Gasteiger partial charge in [-0.3, -0.25) is 4.79 Å². The van der Waals surface area contributed by atoms with Crippen molar-refractivity contribution in [2.45, 2.75) is 6.54 Å². The number of anilines is 3. The van der Waals surface area contributed by atoms with E-state index in [0.717, 1.165) is 17.0 Å². The quantitative estimate of drug-likeness (QED) is 0.491.